The van der Waals surface area contributed by atoms with E-state index in [1.165, 1.54) is 0 Å². The fourth-order valence-electron chi connectivity index (χ4n) is 3.70. The predicted octanol–water partition coefficient (Wildman–Crippen LogP) is 5.54. The number of carbonyl (C=O) groups excluding carboxylic acids is 2. The quantitative estimate of drug-likeness (QED) is 0.488. The molecule has 1 aliphatic rings. The van der Waals surface area contributed by atoms with Crippen LogP contribution in [-0.4, -0.2) is 18.2 Å². The minimum atomic E-state index is 0.202. The van der Waals surface area contributed by atoms with Gasteiger partial charge in [-0.1, -0.05) is 32.4 Å². The van der Waals surface area contributed by atoms with Gasteiger partial charge in [0.2, 0.25) is 0 Å². The van der Waals surface area contributed by atoms with E-state index in [1.807, 2.05) is 31.2 Å². The van der Waals surface area contributed by atoms with Crippen molar-refractivity contribution in [3.8, 4) is 5.75 Å². The molecule has 0 N–H and O–H groups in total. The van der Waals surface area contributed by atoms with Gasteiger partial charge in [0.25, 0.3) is 0 Å². The van der Waals surface area contributed by atoms with E-state index in [-0.39, 0.29) is 5.92 Å². The number of ketones is 2. The molecule has 0 aliphatic heterocycles. The third-order valence-electron chi connectivity index (χ3n) is 5.60. The lowest BCUT2D eigenvalue weighted by molar-refractivity contribution is -0.123. The molecule has 3 nitrogen and oxygen atoms in total. The van der Waals surface area contributed by atoms with Crippen molar-refractivity contribution in [1.82, 2.24) is 0 Å². The van der Waals surface area contributed by atoms with Crippen molar-refractivity contribution in [3.05, 3.63) is 29.8 Å². The molecule has 0 bridgehead atoms. The van der Waals surface area contributed by atoms with E-state index in [2.05, 4.69) is 6.92 Å². The van der Waals surface area contributed by atoms with E-state index in [0.717, 1.165) is 62.9 Å². The number of Topliss-reactive ketones (excluding diaryl/α,β-unsaturated/α-hetero) is 2. The molecule has 0 radical (unpaired) electrons. The number of carbonyl (C=O) groups is 2. The molecule has 144 valence electrons. The van der Waals surface area contributed by atoms with Gasteiger partial charge in [-0.2, -0.15) is 0 Å². The maximum Gasteiger partial charge on any atom is 0.140 e. The number of ether oxygens (including phenoxy) is 1. The van der Waals surface area contributed by atoms with Gasteiger partial charge in [0, 0.05) is 25.2 Å². The molecule has 0 aromatic heterocycles. The van der Waals surface area contributed by atoms with Gasteiger partial charge < -0.3 is 4.74 Å². The second-order valence-electron chi connectivity index (χ2n) is 7.64. The Labute approximate surface area is 158 Å². The van der Waals surface area contributed by atoms with Crippen LogP contribution < -0.4 is 4.74 Å². The zero-order valence-corrected chi connectivity index (χ0v) is 16.5. The van der Waals surface area contributed by atoms with Crippen molar-refractivity contribution >= 4 is 11.6 Å². The Morgan fingerprint density at radius 2 is 1.73 bits per heavy atom. The highest BCUT2D eigenvalue weighted by molar-refractivity contribution is 5.83. The van der Waals surface area contributed by atoms with Crippen LogP contribution in [-0.2, 0) is 16.0 Å². The van der Waals surface area contributed by atoms with Crippen LogP contribution in [0.5, 0.6) is 5.75 Å². The number of rotatable bonds is 11. The average molecular weight is 359 g/mol. The van der Waals surface area contributed by atoms with Gasteiger partial charge >= 0.3 is 0 Å². The van der Waals surface area contributed by atoms with Crippen molar-refractivity contribution in [1.29, 1.82) is 0 Å². The van der Waals surface area contributed by atoms with Gasteiger partial charge in [-0.15, -0.1) is 0 Å². The number of benzene rings is 1. The van der Waals surface area contributed by atoms with E-state index in [1.54, 1.807) is 0 Å². The van der Waals surface area contributed by atoms with Gasteiger partial charge in [-0.25, -0.2) is 0 Å². The van der Waals surface area contributed by atoms with Crippen molar-refractivity contribution < 1.29 is 14.3 Å². The van der Waals surface area contributed by atoms with Crippen LogP contribution in [0.3, 0.4) is 0 Å². The van der Waals surface area contributed by atoms with Crippen LogP contribution in [0.2, 0.25) is 0 Å². The van der Waals surface area contributed by atoms with Gasteiger partial charge in [0.05, 0.1) is 6.61 Å². The summed E-state index contributed by atoms with van der Waals surface area (Å²) in [5.41, 5.74) is 1.08. The number of unbranched alkanes of at least 4 members (excludes halogenated alkanes) is 1. The average Bonchev–Trinajstić information content (AvgIpc) is 2.68. The fraction of sp³-hybridized carbons (Fsp3) is 0.652. The zero-order chi connectivity index (χ0) is 18.8. The Balaban J connectivity index is 1.72. The topological polar surface area (TPSA) is 43.4 Å². The van der Waals surface area contributed by atoms with Gasteiger partial charge in [-0.05, 0) is 62.1 Å². The molecule has 1 aromatic rings. The van der Waals surface area contributed by atoms with E-state index in [9.17, 15) is 9.59 Å². The number of hydrogen-bond donors (Lipinski definition) is 0. The standard InChI is InChI=1S/C23H34O3/c1-3-5-16-26-22-14-9-19(10-15-22)17-23(25)20-11-6-18(7-12-20)8-13-21(24)4-2/h9-10,14-15,18,20H,3-8,11-13,16-17H2,1-2H3. The smallest absolute Gasteiger partial charge is 0.140 e. The Morgan fingerprint density at radius 1 is 1.04 bits per heavy atom. The predicted molar refractivity (Wildman–Crippen MR) is 106 cm³/mol. The second-order valence-corrected chi connectivity index (χ2v) is 7.64. The summed E-state index contributed by atoms with van der Waals surface area (Å²) < 4.78 is 5.67. The van der Waals surface area contributed by atoms with E-state index in [4.69, 9.17) is 4.74 Å². The van der Waals surface area contributed by atoms with Gasteiger partial charge in [0.15, 0.2) is 0 Å². The molecule has 3 heteroatoms. The van der Waals surface area contributed by atoms with Gasteiger partial charge in [0.1, 0.15) is 17.3 Å². The SMILES string of the molecule is CCCCOc1ccc(CC(=O)C2CCC(CCC(=O)CC)CC2)cc1. The summed E-state index contributed by atoms with van der Waals surface area (Å²) in [5, 5.41) is 0. The summed E-state index contributed by atoms with van der Waals surface area (Å²) in [4.78, 5) is 24.1. The highest BCUT2D eigenvalue weighted by Crippen LogP contribution is 2.32. The maximum absolute atomic E-state index is 12.6. The van der Waals surface area contributed by atoms with Crippen molar-refractivity contribution in [2.45, 2.75) is 78.1 Å². The first-order chi connectivity index (χ1) is 12.6. The first-order valence-electron chi connectivity index (χ1n) is 10.4. The molecule has 1 saturated carbocycles. The molecule has 1 fully saturated rings. The molecule has 1 aromatic carbocycles. The summed E-state index contributed by atoms with van der Waals surface area (Å²) in [6.45, 7) is 4.83. The fourth-order valence-corrected chi connectivity index (χ4v) is 3.70. The Hall–Kier alpha value is -1.64. The summed E-state index contributed by atoms with van der Waals surface area (Å²) in [6, 6.07) is 7.97. The third kappa shape index (κ3) is 6.93. The monoisotopic (exact) mass is 358 g/mol. The van der Waals surface area contributed by atoms with Crippen LogP contribution in [0, 0.1) is 11.8 Å². The first-order valence-corrected chi connectivity index (χ1v) is 10.4. The Morgan fingerprint density at radius 3 is 2.35 bits per heavy atom. The zero-order valence-electron chi connectivity index (χ0n) is 16.5. The molecule has 2 rings (SSSR count). The van der Waals surface area contributed by atoms with E-state index in [0.29, 0.717) is 36.7 Å². The molecule has 0 saturated heterocycles. The largest absolute Gasteiger partial charge is 0.494 e. The Kier molecular flexibility index (Phi) is 8.87. The summed E-state index contributed by atoms with van der Waals surface area (Å²) >= 11 is 0. The molecule has 0 unspecified atom stereocenters. The van der Waals surface area contributed by atoms with Crippen molar-refractivity contribution in [2.75, 3.05) is 6.61 Å². The normalized spacial score (nSPS) is 19.9. The summed E-state index contributed by atoms with van der Waals surface area (Å²) in [6.07, 6.45) is 9.26. The molecule has 26 heavy (non-hydrogen) atoms. The van der Waals surface area contributed by atoms with Crippen molar-refractivity contribution in [2.24, 2.45) is 11.8 Å². The minimum Gasteiger partial charge on any atom is -0.494 e. The number of hydrogen-bond acceptors (Lipinski definition) is 3. The summed E-state index contributed by atoms with van der Waals surface area (Å²) in [7, 11) is 0. The van der Waals surface area contributed by atoms with E-state index >= 15 is 0 Å². The molecular formula is C23H34O3. The third-order valence-corrected chi connectivity index (χ3v) is 5.60. The molecule has 0 heterocycles. The lowest BCUT2D eigenvalue weighted by Crippen LogP contribution is -2.23. The highest BCUT2D eigenvalue weighted by atomic mass is 16.5. The molecule has 1 aliphatic carbocycles. The lowest BCUT2D eigenvalue weighted by Gasteiger charge is -2.27. The van der Waals surface area contributed by atoms with Crippen LogP contribution in [0.25, 0.3) is 0 Å². The molecule has 0 amide bonds. The molecular weight excluding hydrogens is 324 g/mol. The maximum atomic E-state index is 12.6. The Bertz CT molecular complexity index is 553. The van der Waals surface area contributed by atoms with Crippen LogP contribution in [0.15, 0.2) is 24.3 Å². The van der Waals surface area contributed by atoms with Crippen LogP contribution >= 0.6 is 0 Å². The van der Waals surface area contributed by atoms with Crippen LogP contribution in [0.4, 0.5) is 0 Å². The minimum absolute atomic E-state index is 0.202. The molecule has 0 atom stereocenters. The second kappa shape index (κ2) is 11.2. The van der Waals surface area contributed by atoms with Crippen molar-refractivity contribution in [3.63, 3.8) is 0 Å². The highest BCUT2D eigenvalue weighted by Gasteiger charge is 2.26. The van der Waals surface area contributed by atoms with Gasteiger partial charge in [-0.3, -0.25) is 9.59 Å². The molecule has 0 spiro atoms. The van der Waals surface area contributed by atoms with E-state index < -0.39 is 0 Å². The van der Waals surface area contributed by atoms with Crippen LogP contribution in [0.1, 0.15) is 77.2 Å². The summed E-state index contributed by atoms with van der Waals surface area (Å²) in [5.74, 6) is 2.46. The first kappa shape index (κ1) is 20.7. The lowest BCUT2D eigenvalue weighted by atomic mass is 9.77.